The van der Waals surface area contributed by atoms with Gasteiger partial charge in [-0.1, -0.05) is 11.6 Å². The van der Waals surface area contributed by atoms with Gasteiger partial charge in [-0.2, -0.15) is 0 Å². The van der Waals surface area contributed by atoms with Crippen LogP contribution in [0.3, 0.4) is 0 Å². The summed E-state index contributed by atoms with van der Waals surface area (Å²) < 4.78 is 13.2. The summed E-state index contributed by atoms with van der Waals surface area (Å²) in [7, 11) is 0. The fraction of sp³-hybridized carbons (Fsp3) is 0.500. The van der Waals surface area contributed by atoms with Crippen LogP contribution in [0, 0.1) is 5.82 Å². The third-order valence-corrected chi connectivity index (χ3v) is 3.12. The van der Waals surface area contributed by atoms with Gasteiger partial charge in [0.15, 0.2) is 0 Å². The van der Waals surface area contributed by atoms with E-state index in [-0.39, 0.29) is 16.4 Å². The molecule has 0 aliphatic carbocycles. The maximum Gasteiger partial charge on any atom is 0.142 e. The molecule has 1 aromatic rings. The summed E-state index contributed by atoms with van der Waals surface area (Å²) in [6.45, 7) is 7.40. The fourth-order valence-electron chi connectivity index (χ4n) is 2.08. The van der Waals surface area contributed by atoms with Crippen LogP contribution in [0.1, 0.15) is 26.3 Å². The molecule has 1 heterocycles. The van der Waals surface area contributed by atoms with E-state index >= 15 is 0 Å². The van der Waals surface area contributed by atoms with Gasteiger partial charge in [-0.3, -0.25) is 0 Å². The van der Waals surface area contributed by atoms with Crippen molar-refractivity contribution in [2.75, 3.05) is 11.4 Å². The van der Waals surface area contributed by atoms with Crippen LogP contribution in [0.5, 0.6) is 0 Å². The number of halogens is 2. The maximum absolute atomic E-state index is 13.2. The van der Waals surface area contributed by atoms with E-state index in [9.17, 15) is 4.39 Å². The second-order valence-electron chi connectivity index (χ2n) is 4.97. The Bertz CT molecular complexity index is 395. The Labute approximate surface area is 94.8 Å². The van der Waals surface area contributed by atoms with Crippen LogP contribution in [0.4, 0.5) is 10.1 Å². The average Bonchev–Trinajstić information content (AvgIpc) is 2.47. The smallest absolute Gasteiger partial charge is 0.142 e. The summed E-state index contributed by atoms with van der Waals surface area (Å²) in [4.78, 5) is 2.27. The molecular weight excluding hydrogens is 213 g/mol. The Kier molecular flexibility index (Phi) is 2.42. The topological polar surface area (TPSA) is 3.24 Å². The van der Waals surface area contributed by atoms with E-state index in [1.165, 1.54) is 0 Å². The highest BCUT2D eigenvalue weighted by atomic mass is 35.5. The molecule has 0 amide bonds. The van der Waals surface area contributed by atoms with Gasteiger partial charge in [0.25, 0.3) is 0 Å². The maximum atomic E-state index is 13.2. The molecule has 1 aromatic carbocycles. The van der Waals surface area contributed by atoms with Crippen LogP contribution >= 0.6 is 11.6 Å². The molecule has 0 saturated carbocycles. The lowest BCUT2D eigenvalue weighted by molar-refractivity contribution is 0.518. The quantitative estimate of drug-likeness (QED) is 0.654. The minimum Gasteiger partial charge on any atom is -0.366 e. The molecule has 0 radical (unpaired) electrons. The number of benzene rings is 1. The molecule has 0 bridgehead atoms. The normalized spacial score (nSPS) is 15.7. The molecular formula is C12H15ClFN. The predicted octanol–water partition coefficient (Wildman–Crippen LogP) is 3.64. The Hall–Kier alpha value is -0.760. The van der Waals surface area contributed by atoms with E-state index in [0.29, 0.717) is 0 Å². The second kappa shape index (κ2) is 3.38. The summed E-state index contributed by atoms with van der Waals surface area (Å²) in [6, 6.07) is 3.30. The van der Waals surface area contributed by atoms with Gasteiger partial charge in [-0.15, -0.1) is 0 Å². The fourth-order valence-corrected chi connectivity index (χ4v) is 2.24. The number of hydrogen-bond acceptors (Lipinski definition) is 1. The lowest BCUT2D eigenvalue weighted by atomic mass is 10.1. The van der Waals surface area contributed by atoms with E-state index in [1.54, 1.807) is 12.1 Å². The summed E-state index contributed by atoms with van der Waals surface area (Å²) in [5.41, 5.74) is 2.20. The van der Waals surface area contributed by atoms with Crippen LogP contribution in [0.25, 0.3) is 0 Å². The molecule has 0 saturated heterocycles. The first-order valence-corrected chi connectivity index (χ1v) is 5.53. The van der Waals surface area contributed by atoms with Gasteiger partial charge in [0.1, 0.15) is 5.82 Å². The van der Waals surface area contributed by atoms with E-state index in [0.717, 1.165) is 24.2 Å². The minimum atomic E-state index is -0.314. The Morgan fingerprint density at radius 2 is 2.00 bits per heavy atom. The lowest BCUT2D eigenvalue weighted by Crippen LogP contribution is -2.40. The first-order valence-electron chi connectivity index (χ1n) is 5.15. The summed E-state index contributed by atoms with van der Waals surface area (Å²) in [6.07, 6.45) is 0.903. The summed E-state index contributed by atoms with van der Waals surface area (Å²) in [5.74, 6) is -0.314. The van der Waals surface area contributed by atoms with Crippen molar-refractivity contribution in [2.45, 2.75) is 32.7 Å². The highest BCUT2D eigenvalue weighted by molar-refractivity contribution is 6.31. The van der Waals surface area contributed by atoms with Gasteiger partial charge in [0.05, 0.1) is 5.02 Å². The van der Waals surface area contributed by atoms with Crippen LogP contribution in [-0.4, -0.2) is 12.1 Å². The number of nitrogens with zero attached hydrogens (tertiary/aromatic N) is 1. The molecule has 0 N–H and O–H groups in total. The molecule has 1 nitrogen and oxygen atoms in total. The van der Waals surface area contributed by atoms with Crippen molar-refractivity contribution >= 4 is 17.3 Å². The minimum absolute atomic E-state index is 0.0619. The predicted molar refractivity (Wildman–Crippen MR) is 62.2 cm³/mol. The van der Waals surface area contributed by atoms with E-state index < -0.39 is 0 Å². The first-order chi connectivity index (χ1) is 6.89. The molecule has 0 spiro atoms. The zero-order valence-electron chi connectivity index (χ0n) is 9.27. The van der Waals surface area contributed by atoms with Crippen molar-refractivity contribution in [3.8, 4) is 0 Å². The Morgan fingerprint density at radius 3 is 2.60 bits per heavy atom. The largest absolute Gasteiger partial charge is 0.366 e. The Balaban J connectivity index is 2.47. The number of fused-ring (bicyclic) bond motifs is 1. The lowest BCUT2D eigenvalue weighted by Gasteiger charge is -2.34. The molecule has 1 aliphatic heterocycles. The monoisotopic (exact) mass is 227 g/mol. The molecule has 15 heavy (non-hydrogen) atoms. The summed E-state index contributed by atoms with van der Waals surface area (Å²) in [5, 5.41) is 0.213. The molecule has 2 rings (SSSR count). The molecule has 0 aromatic heterocycles. The van der Waals surface area contributed by atoms with E-state index in [1.807, 2.05) is 0 Å². The number of hydrogen-bond donors (Lipinski definition) is 0. The molecule has 1 aliphatic rings. The zero-order valence-corrected chi connectivity index (χ0v) is 10.0. The van der Waals surface area contributed by atoms with Gasteiger partial charge in [0, 0.05) is 17.8 Å². The van der Waals surface area contributed by atoms with Gasteiger partial charge >= 0.3 is 0 Å². The molecule has 0 atom stereocenters. The third-order valence-electron chi connectivity index (χ3n) is 2.83. The van der Waals surface area contributed by atoms with Crippen molar-refractivity contribution in [1.82, 2.24) is 0 Å². The zero-order chi connectivity index (χ0) is 11.2. The van der Waals surface area contributed by atoms with E-state index in [4.69, 9.17) is 11.6 Å². The number of anilines is 1. The second-order valence-corrected chi connectivity index (χ2v) is 5.37. The molecule has 0 unspecified atom stereocenters. The van der Waals surface area contributed by atoms with Gasteiger partial charge in [-0.25, -0.2) is 4.39 Å². The van der Waals surface area contributed by atoms with Crippen molar-refractivity contribution < 1.29 is 4.39 Å². The van der Waals surface area contributed by atoms with Crippen molar-refractivity contribution in [2.24, 2.45) is 0 Å². The van der Waals surface area contributed by atoms with Crippen LogP contribution in [0.2, 0.25) is 5.02 Å². The third kappa shape index (κ3) is 1.83. The SMILES string of the molecule is CC(C)(C)N1CCc2cc(F)c(Cl)cc21. The van der Waals surface area contributed by atoms with Crippen LogP contribution < -0.4 is 4.90 Å². The van der Waals surface area contributed by atoms with E-state index in [2.05, 4.69) is 25.7 Å². The van der Waals surface area contributed by atoms with Crippen LogP contribution in [-0.2, 0) is 6.42 Å². The van der Waals surface area contributed by atoms with Crippen molar-refractivity contribution in [3.05, 3.63) is 28.5 Å². The number of rotatable bonds is 0. The van der Waals surface area contributed by atoms with Crippen molar-refractivity contribution in [3.63, 3.8) is 0 Å². The highest BCUT2D eigenvalue weighted by Crippen LogP contribution is 2.36. The average molecular weight is 228 g/mol. The van der Waals surface area contributed by atoms with Gasteiger partial charge in [0.2, 0.25) is 0 Å². The molecule has 3 heteroatoms. The van der Waals surface area contributed by atoms with Gasteiger partial charge < -0.3 is 4.90 Å². The van der Waals surface area contributed by atoms with Crippen LogP contribution in [0.15, 0.2) is 12.1 Å². The van der Waals surface area contributed by atoms with Crippen molar-refractivity contribution in [1.29, 1.82) is 0 Å². The standard InChI is InChI=1S/C12H15ClFN/c1-12(2,3)15-5-4-8-6-10(14)9(13)7-11(8)15/h6-7H,4-5H2,1-3H3. The first kappa shape index (κ1) is 10.7. The Morgan fingerprint density at radius 1 is 1.33 bits per heavy atom. The van der Waals surface area contributed by atoms with Gasteiger partial charge in [-0.05, 0) is 44.9 Å². The molecule has 82 valence electrons. The molecule has 0 fully saturated rings. The highest BCUT2D eigenvalue weighted by Gasteiger charge is 2.29. The summed E-state index contributed by atoms with van der Waals surface area (Å²) >= 11 is 5.81.